The third kappa shape index (κ3) is 5.04. The summed E-state index contributed by atoms with van der Waals surface area (Å²) in [5, 5.41) is 11.0. The van der Waals surface area contributed by atoms with Gasteiger partial charge in [0.05, 0.1) is 22.5 Å². The summed E-state index contributed by atoms with van der Waals surface area (Å²) in [4.78, 5) is 46.6. The van der Waals surface area contributed by atoms with Crippen molar-refractivity contribution < 1.29 is 14.0 Å². The summed E-state index contributed by atoms with van der Waals surface area (Å²) in [6.45, 7) is 2.27. The van der Waals surface area contributed by atoms with E-state index < -0.39 is 11.7 Å². The first-order valence-corrected chi connectivity index (χ1v) is 13.5. The number of hydrogen-bond donors (Lipinski definition) is 2. The Morgan fingerprint density at radius 3 is 2.58 bits per heavy atom. The lowest BCUT2D eigenvalue weighted by Crippen LogP contribution is -2.38. The molecule has 1 fully saturated rings. The Morgan fingerprint density at radius 1 is 0.925 bits per heavy atom. The third-order valence-corrected chi connectivity index (χ3v) is 7.58. The molecule has 0 aliphatic carbocycles. The van der Waals surface area contributed by atoms with Gasteiger partial charge in [-0.15, -0.1) is 0 Å². The minimum absolute atomic E-state index is 0.0141. The van der Waals surface area contributed by atoms with Gasteiger partial charge in [-0.1, -0.05) is 30.3 Å². The van der Waals surface area contributed by atoms with Crippen LogP contribution in [-0.2, 0) is 12.8 Å². The first-order valence-electron chi connectivity index (χ1n) is 13.5. The molecule has 0 bridgehead atoms. The lowest BCUT2D eigenvalue weighted by atomic mass is 9.99. The Kier molecular flexibility index (Phi) is 6.98. The van der Waals surface area contributed by atoms with E-state index in [1.54, 1.807) is 28.0 Å². The molecule has 1 saturated heterocycles. The van der Waals surface area contributed by atoms with E-state index in [1.165, 1.54) is 6.07 Å². The summed E-state index contributed by atoms with van der Waals surface area (Å²) >= 11 is 0. The van der Waals surface area contributed by atoms with E-state index in [-0.39, 0.29) is 17.0 Å². The van der Waals surface area contributed by atoms with Crippen molar-refractivity contribution in [1.29, 1.82) is 0 Å². The largest absolute Gasteiger partial charge is 0.383 e. The molecule has 2 aliphatic rings. The predicted octanol–water partition coefficient (Wildman–Crippen LogP) is 3.39. The maximum absolute atomic E-state index is 14.9. The van der Waals surface area contributed by atoms with Crippen LogP contribution in [0.2, 0.25) is 0 Å². The van der Waals surface area contributed by atoms with Crippen LogP contribution in [0, 0.1) is 5.82 Å². The van der Waals surface area contributed by atoms with E-state index in [0.29, 0.717) is 68.0 Å². The number of aromatic amines is 1. The number of amides is 2. The van der Waals surface area contributed by atoms with Gasteiger partial charge in [0, 0.05) is 50.1 Å². The maximum Gasteiger partial charge on any atom is 0.272 e. The Labute approximate surface area is 230 Å². The van der Waals surface area contributed by atoms with Crippen molar-refractivity contribution in [1.82, 2.24) is 25.0 Å². The number of benzene rings is 2. The van der Waals surface area contributed by atoms with Gasteiger partial charge in [0.15, 0.2) is 0 Å². The van der Waals surface area contributed by atoms with Gasteiger partial charge in [-0.3, -0.25) is 14.4 Å². The minimum Gasteiger partial charge on any atom is -0.383 e. The molecule has 0 unspecified atom stereocenters. The summed E-state index contributed by atoms with van der Waals surface area (Å²) in [5.41, 5.74) is 3.68. The van der Waals surface area contributed by atoms with E-state index in [4.69, 9.17) is 0 Å². The highest BCUT2D eigenvalue weighted by Crippen LogP contribution is 2.25. The summed E-state index contributed by atoms with van der Waals surface area (Å²) in [5.74, 6) is -1.19. The molecule has 0 atom stereocenters. The summed E-state index contributed by atoms with van der Waals surface area (Å²) < 4.78 is 14.9. The quantitative estimate of drug-likeness (QED) is 0.411. The molecule has 0 spiro atoms. The number of hydrogen-bond acceptors (Lipinski definition) is 6. The third-order valence-electron chi connectivity index (χ3n) is 7.58. The van der Waals surface area contributed by atoms with Crippen molar-refractivity contribution in [3.05, 3.63) is 98.8 Å². The van der Waals surface area contributed by atoms with Crippen LogP contribution < -0.4 is 10.9 Å². The average Bonchev–Trinajstić information content (AvgIpc) is 3.25. The fourth-order valence-corrected chi connectivity index (χ4v) is 5.46. The number of halogens is 1. The van der Waals surface area contributed by atoms with Crippen LogP contribution in [0.25, 0.3) is 10.9 Å². The number of nitrogens with zero attached hydrogens (tertiary/aromatic N) is 4. The summed E-state index contributed by atoms with van der Waals surface area (Å²) in [6.07, 6.45) is 2.46. The molecule has 2 aromatic heterocycles. The van der Waals surface area contributed by atoms with Gasteiger partial charge < -0.3 is 15.1 Å². The van der Waals surface area contributed by atoms with Crippen LogP contribution in [0.5, 0.6) is 0 Å². The number of pyridine rings is 1. The average molecular weight is 541 g/mol. The van der Waals surface area contributed by atoms with Crippen molar-refractivity contribution in [2.45, 2.75) is 25.7 Å². The molecule has 2 aromatic carbocycles. The number of para-hydroxylation sites is 1. The van der Waals surface area contributed by atoms with Crippen LogP contribution in [0.4, 0.5) is 10.1 Å². The Hall–Kier alpha value is -4.60. The van der Waals surface area contributed by atoms with Crippen LogP contribution >= 0.6 is 0 Å². The lowest BCUT2D eigenvalue weighted by molar-refractivity contribution is 0.0713. The van der Waals surface area contributed by atoms with Crippen LogP contribution in [-0.4, -0.2) is 69.5 Å². The molecular weight excluding hydrogens is 511 g/mol. The molecule has 2 aliphatic heterocycles. The second-order valence-corrected chi connectivity index (χ2v) is 10.2. The molecule has 2 N–H and O–H groups in total. The molecule has 204 valence electrons. The second-order valence-electron chi connectivity index (χ2n) is 10.2. The molecule has 2 amide bonds. The minimum atomic E-state index is -0.596. The highest BCUT2D eigenvalue weighted by atomic mass is 19.1. The van der Waals surface area contributed by atoms with E-state index in [1.807, 2.05) is 30.3 Å². The molecule has 9 nitrogen and oxygen atoms in total. The first kappa shape index (κ1) is 25.7. The molecule has 10 heteroatoms. The van der Waals surface area contributed by atoms with Crippen molar-refractivity contribution in [2.75, 3.05) is 38.0 Å². The predicted molar refractivity (Wildman–Crippen MR) is 149 cm³/mol. The number of aromatic nitrogens is 3. The van der Waals surface area contributed by atoms with Crippen LogP contribution in [0.15, 0.2) is 59.4 Å². The Morgan fingerprint density at radius 2 is 1.73 bits per heavy atom. The highest BCUT2D eigenvalue weighted by molar-refractivity contribution is 5.96. The van der Waals surface area contributed by atoms with E-state index in [2.05, 4.69) is 20.5 Å². The molecule has 6 rings (SSSR count). The fraction of sp³-hybridized carbons (Fsp3) is 0.300. The lowest BCUT2D eigenvalue weighted by Gasteiger charge is -2.23. The van der Waals surface area contributed by atoms with Gasteiger partial charge in [-0.2, -0.15) is 5.10 Å². The van der Waals surface area contributed by atoms with E-state index in [0.717, 1.165) is 29.6 Å². The Bertz CT molecular complexity index is 1670. The molecular formula is C30H29FN6O3. The van der Waals surface area contributed by atoms with Gasteiger partial charge >= 0.3 is 0 Å². The van der Waals surface area contributed by atoms with Crippen LogP contribution in [0.3, 0.4) is 0 Å². The smallest absolute Gasteiger partial charge is 0.272 e. The van der Waals surface area contributed by atoms with Crippen LogP contribution in [0.1, 0.15) is 50.5 Å². The monoisotopic (exact) mass is 540 g/mol. The van der Waals surface area contributed by atoms with Gasteiger partial charge in [0.2, 0.25) is 0 Å². The number of H-pyrrole nitrogens is 1. The van der Waals surface area contributed by atoms with Crippen molar-refractivity contribution in [2.24, 2.45) is 0 Å². The van der Waals surface area contributed by atoms with E-state index >= 15 is 0 Å². The number of nitrogens with one attached hydrogen (secondary N) is 2. The number of carbonyl (C=O) groups is 2. The van der Waals surface area contributed by atoms with Gasteiger partial charge in [0.1, 0.15) is 11.5 Å². The van der Waals surface area contributed by atoms with Crippen molar-refractivity contribution in [3.63, 3.8) is 0 Å². The normalized spacial score (nSPS) is 15.3. The number of anilines is 1. The molecule has 0 radical (unpaired) electrons. The number of rotatable bonds is 4. The van der Waals surface area contributed by atoms with E-state index in [9.17, 15) is 18.8 Å². The standard InChI is InChI=1S/C30H29FN6O3/c31-23-10-8-19(18-26-27-21(6-3-12-32-27)28(38)35-34-26)17-22(23)29(39)36-13-4-14-37(16-15-36)30(40)25-11-9-20-5-1-2-7-24(20)33-25/h1-2,5,7-11,17,32H,3-4,6,12-16,18H2,(H,35,38). The van der Waals surface area contributed by atoms with Gasteiger partial charge in [-0.05, 0) is 49.1 Å². The summed E-state index contributed by atoms with van der Waals surface area (Å²) in [6, 6.07) is 15.7. The molecule has 40 heavy (non-hydrogen) atoms. The SMILES string of the molecule is O=C(c1ccc2ccccc2n1)N1CCCN(C(=O)c2cc(Cc3n[nH]c(=O)c4c3NCCC4)ccc2F)CC1. The molecule has 4 heterocycles. The zero-order valence-corrected chi connectivity index (χ0v) is 22.0. The summed E-state index contributed by atoms with van der Waals surface area (Å²) in [7, 11) is 0. The Balaban J connectivity index is 1.17. The van der Waals surface area contributed by atoms with Gasteiger partial charge in [0.25, 0.3) is 17.4 Å². The van der Waals surface area contributed by atoms with Crippen molar-refractivity contribution in [3.8, 4) is 0 Å². The maximum atomic E-state index is 14.9. The zero-order chi connectivity index (χ0) is 27.6. The zero-order valence-electron chi connectivity index (χ0n) is 22.0. The highest BCUT2D eigenvalue weighted by Gasteiger charge is 2.26. The molecule has 4 aromatic rings. The van der Waals surface area contributed by atoms with Gasteiger partial charge in [-0.25, -0.2) is 14.5 Å². The first-order chi connectivity index (χ1) is 19.5. The fourth-order valence-electron chi connectivity index (χ4n) is 5.46. The van der Waals surface area contributed by atoms with Crippen molar-refractivity contribution >= 4 is 28.4 Å². The molecule has 0 saturated carbocycles. The second kappa shape index (κ2) is 10.9. The number of fused-ring (bicyclic) bond motifs is 2. The number of carbonyl (C=O) groups excluding carboxylic acids is 2. The topological polar surface area (TPSA) is 111 Å².